The van der Waals surface area contributed by atoms with E-state index in [-0.39, 0.29) is 10.9 Å². The standard InChI is InChI=1S/C22H32N4O2S/c1-4-18-8-10-19(11-9-18)21(25(2)3)17-24-22-13-12-20(16-23-22)29(27,28)26-14-6-5-7-15-26/h8-13,16,21H,4-7,14-15,17H2,1-3H3,(H,23,24). The van der Waals surface area contributed by atoms with Gasteiger partial charge in [-0.05, 0) is 56.6 Å². The SMILES string of the molecule is CCc1ccc(C(CNc2ccc(S(=O)(=O)N3CCCCC3)cn2)N(C)C)cc1. The lowest BCUT2D eigenvalue weighted by molar-refractivity contribution is 0.311. The van der Waals surface area contributed by atoms with Gasteiger partial charge in [0.15, 0.2) is 0 Å². The van der Waals surface area contributed by atoms with E-state index in [1.807, 2.05) is 0 Å². The molecular weight excluding hydrogens is 384 g/mol. The van der Waals surface area contributed by atoms with Gasteiger partial charge in [-0.25, -0.2) is 13.4 Å². The van der Waals surface area contributed by atoms with E-state index < -0.39 is 10.0 Å². The van der Waals surface area contributed by atoms with E-state index >= 15 is 0 Å². The fourth-order valence-electron chi connectivity index (χ4n) is 3.67. The van der Waals surface area contributed by atoms with Gasteiger partial charge in [0.2, 0.25) is 10.0 Å². The number of rotatable bonds is 8. The Balaban J connectivity index is 1.66. The summed E-state index contributed by atoms with van der Waals surface area (Å²) in [5.41, 5.74) is 2.57. The van der Waals surface area contributed by atoms with Crippen LogP contribution in [0.5, 0.6) is 0 Å². The monoisotopic (exact) mass is 416 g/mol. The maximum Gasteiger partial charge on any atom is 0.244 e. The number of nitrogens with zero attached hydrogens (tertiary/aromatic N) is 3. The number of likely N-dealkylation sites (N-methyl/N-ethyl adjacent to an activating group) is 1. The molecule has 0 aliphatic carbocycles. The number of aryl methyl sites for hydroxylation is 1. The first-order valence-electron chi connectivity index (χ1n) is 10.4. The molecule has 158 valence electrons. The van der Waals surface area contributed by atoms with Crippen molar-refractivity contribution >= 4 is 15.8 Å². The molecule has 0 radical (unpaired) electrons. The highest BCUT2D eigenvalue weighted by molar-refractivity contribution is 7.89. The third-order valence-electron chi connectivity index (χ3n) is 5.56. The molecule has 1 atom stereocenters. The van der Waals surface area contributed by atoms with E-state index in [0.29, 0.717) is 25.5 Å². The van der Waals surface area contributed by atoms with Gasteiger partial charge in [0.25, 0.3) is 0 Å². The van der Waals surface area contributed by atoms with Crippen molar-refractivity contribution in [1.82, 2.24) is 14.2 Å². The average Bonchev–Trinajstić information content (AvgIpc) is 2.75. The Kier molecular flexibility index (Phi) is 7.27. The summed E-state index contributed by atoms with van der Waals surface area (Å²) in [7, 11) is 0.676. The summed E-state index contributed by atoms with van der Waals surface area (Å²) >= 11 is 0. The fourth-order valence-corrected chi connectivity index (χ4v) is 5.13. The van der Waals surface area contributed by atoms with Crippen molar-refractivity contribution in [3.63, 3.8) is 0 Å². The van der Waals surface area contributed by atoms with Crippen molar-refractivity contribution in [3.05, 3.63) is 53.7 Å². The summed E-state index contributed by atoms with van der Waals surface area (Å²) < 4.78 is 27.1. The molecule has 2 aromatic rings. The topological polar surface area (TPSA) is 65.5 Å². The van der Waals surface area contributed by atoms with E-state index in [2.05, 4.69) is 60.5 Å². The Bertz CT molecular complexity index is 874. The highest BCUT2D eigenvalue weighted by atomic mass is 32.2. The third-order valence-corrected chi connectivity index (χ3v) is 7.44. The minimum absolute atomic E-state index is 0.194. The van der Waals surface area contributed by atoms with Crippen LogP contribution in [0, 0.1) is 0 Å². The van der Waals surface area contributed by atoms with Crippen LogP contribution in [0.4, 0.5) is 5.82 Å². The number of pyridine rings is 1. The van der Waals surface area contributed by atoms with Crippen molar-refractivity contribution in [3.8, 4) is 0 Å². The van der Waals surface area contributed by atoms with Crippen LogP contribution in [-0.2, 0) is 16.4 Å². The Hall–Kier alpha value is -1.96. The Morgan fingerprint density at radius 1 is 1.07 bits per heavy atom. The van der Waals surface area contributed by atoms with Crippen LogP contribution < -0.4 is 5.32 Å². The zero-order valence-electron chi connectivity index (χ0n) is 17.6. The zero-order valence-corrected chi connectivity index (χ0v) is 18.5. The molecule has 1 saturated heterocycles. The molecule has 1 N–H and O–H groups in total. The van der Waals surface area contributed by atoms with Gasteiger partial charge in [-0.1, -0.05) is 37.6 Å². The van der Waals surface area contributed by atoms with E-state index in [4.69, 9.17) is 0 Å². The predicted molar refractivity (Wildman–Crippen MR) is 118 cm³/mol. The number of hydrogen-bond acceptors (Lipinski definition) is 5. The molecule has 1 fully saturated rings. The van der Waals surface area contributed by atoms with Crippen LogP contribution in [0.2, 0.25) is 0 Å². The van der Waals surface area contributed by atoms with Gasteiger partial charge in [0, 0.05) is 25.8 Å². The lowest BCUT2D eigenvalue weighted by atomic mass is 10.0. The molecule has 6 nitrogen and oxygen atoms in total. The summed E-state index contributed by atoms with van der Waals surface area (Å²) in [4.78, 5) is 6.79. The molecule has 1 aliphatic heterocycles. The predicted octanol–water partition coefficient (Wildman–Crippen LogP) is 3.53. The van der Waals surface area contributed by atoms with Gasteiger partial charge in [-0.2, -0.15) is 4.31 Å². The Morgan fingerprint density at radius 2 is 1.76 bits per heavy atom. The molecule has 2 heterocycles. The van der Waals surface area contributed by atoms with Crippen molar-refractivity contribution in [2.75, 3.05) is 39.0 Å². The van der Waals surface area contributed by atoms with Crippen molar-refractivity contribution in [1.29, 1.82) is 0 Å². The number of benzene rings is 1. The van der Waals surface area contributed by atoms with Gasteiger partial charge in [0.05, 0.1) is 6.04 Å². The van der Waals surface area contributed by atoms with Gasteiger partial charge < -0.3 is 10.2 Å². The Morgan fingerprint density at radius 3 is 2.31 bits per heavy atom. The first kappa shape index (κ1) is 21.7. The normalized spacial score (nSPS) is 16.7. The first-order chi connectivity index (χ1) is 13.9. The molecule has 1 aromatic heterocycles. The van der Waals surface area contributed by atoms with Crippen LogP contribution >= 0.6 is 0 Å². The van der Waals surface area contributed by atoms with Gasteiger partial charge >= 0.3 is 0 Å². The second-order valence-electron chi connectivity index (χ2n) is 7.80. The number of aromatic nitrogens is 1. The van der Waals surface area contributed by atoms with E-state index in [0.717, 1.165) is 25.7 Å². The number of piperidine rings is 1. The lowest BCUT2D eigenvalue weighted by Gasteiger charge is -2.26. The zero-order chi connectivity index (χ0) is 20.9. The minimum atomic E-state index is -3.44. The fraction of sp³-hybridized carbons (Fsp3) is 0.500. The molecule has 0 spiro atoms. The number of sulfonamides is 1. The molecule has 1 aromatic carbocycles. The van der Waals surface area contributed by atoms with Gasteiger partial charge in [-0.3, -0.25) is 0 Å². The van der Waals surface area contributed by atoms with Crippen LogP contribution in [0.1, 0.15) is 43.4 Å². The second-order valence-corrected chi connectivity index (χ2v) is 9.74. The molecule has 3 rings (SSSR count). The molecule has 1 unspecified atom stereocenters. The summed E-state index contributed by atoms with van der Waals surface area (Å²) in [5.74, 6) is 0.680. The second kappa shape index (κ2) is 9.69. The lowest BCUT2D eigenvalue weighted by Crippen LogP contribution is -2.35. The average molecular weight is 417 g/mol. The smallest absolute Gasteiger partial charge is 0.244 e. The van der Waals surface area contributed by atoms with Crippen LogP contribution in [0.15, 0.2) is 47.5 Å². The van der Waals surface area contributed by atoms with Crippen LogP contribution in [-0.4, -0.2) is 56.3 Å². The quantitative estimate of drug-likeness (QED) is 0.713. The highest BCUT2D eigenvalue weighted by Crippen LogP contribution is 2.22. The van der Waals surface area contributed by atoms with Crippen LogP contribution in [0.3, 0.4) is 0 Å². The summed E-state index contributed by atoms with van der Waals surface area (Å²) in [6.45, 7) is 4.04. The van der Waals surface area contributed by atoms with Crippen molar-refractivity contribution in [2.45, 2.75) is 43.5 Å². The number of anilines is 1. The van der Waals surface area contributed by atoms with E-state index in [9.17, 15) is 8.42 Å². The van der Waals surface area contributed by atoms with E-state index in [1.165, 1.54) is 17.3 Å². The van der Waals surface area contributed by atoms with E-state index in [1.54, 1.807) is 16.4 Å². The molecule has 0 saturated carbocycles. The molecule has 0 amide bonds. The van der Waals surface area contributed by atoms with Gasteiger partial charge in [0.1, 0.15) is 10.7 Å². The first-order valence-corrected chi connectivity index (χ1v) is 11.8. The summed E-state index contributed by atoms with van der Waals surface area (Å²) in [6.07, 6.45) is 5.45. The maximum atomic E-state index is 12.8. The van der Waals surface area contributed by atoms with Crippen molar-refractivity contribution in [2.24, 2.45) is 0 Å². The third kappa shape index (κ3) is 5.35. The molecule has 0 bridgehead atoms. The van der Waals surface area contributed by atoms with Crippen LogP contribution in [0.25, 0.3) is 0 Å². The molecule has 7 heteroatoms. The molecular formula is C22H32N4O2S. The van der Waals surface area contributed by atoms with Gasteiger partial charge in [-0.15, -0.1) is 0 Å². The Labute approximate surface area is 175 Å². The molecule has 29 heavy (non-hydrogen) atoms. The molecule has 1 aliphatic rings. The maximum absolute atomic E-state index is 12.8. The summed E-state index contributed by atoms with van der Waals surface area (Å²) in [5, 5.41) is 3.35. The largest absolute Gasteiger partial charge is 0.368 e. The number of hydrogen-bond donors (Lipinski definition) is 1. The summed E-state index contributed by atoms with van der Waals surface area (Å²) in [6, 6.07) is 12.3. The number of nitrogens with one attached hydrogen (secondary N) is 1. The minimum Gasteiger partial charge on any atom is -0.368 e. The van der Waals surface area contributed by atoms with Crippen molar-refractivity contribution < 1.29 is 8.42 Å². The highest BCUT2D eigenvalue weighted by Gasteiger charge is 2.26.